The summed E-state index contributed by atoms with van der Waals surface area (Å²) in [6.45, 7) is 8.10. The molecule has 0 spiro atoms. The van der Waals surface area contributed by atoms with E-state index in [1.807, 2.05) is 6.92 Å². The highest BCUT2D eigenvalue weighted by Gasteiger charge is 2.32. The van der Waals surface area contributed by atoms with Crippen molar-refractivity contribution in [2.24, 2.45) is 0 Å². The van der Waals surface area contributed by atoms with E-state index in [9.17, 15) is 13.6 Å². The molecular weight excluding hydrogens is 274 g/mol. The Kier molecular flexibility index (Phi) is 4.61. The summed E-state index contributed by atoms with van der Waals surface area (Å²) in [6.07, 6.45) is 1.66. The van der Waals surface area contributed by atoms with E-state index in [1.54, 1.807) is 0 Å². The standard InChI is InChI=1S/C16H22F2N2O/c1-11(2)20-6-4-16(3,5-7-20)19-15(21)12-8-13(17)10-14(18)9-12/h8-11H,4-7H2,1-3H3,(H,19,21). The minimum absolute atomic E-state index is 0.0278. The van der Waals surface area contributed by atoms with E-state index in [1.165, 1.54) is 0 Å². The van der Waals surface area contributed by atoms with Crippen LogP contribution in [-0.4, -0.2) is 35.5 Å². The van der Waals surface area contributed by atoms with E-state index in [0.717, 1.165) is 44.1 Å². The lowest BCUT2D eigenvalue weighted by Gasteiger charge is -2.41. The van der Waals surface area contributed by atoms with Crippen LogP contribution in [0.5, 0.6) is 0 Å². The third kappa shape index (κ3) is 4.00. The second kappa shape index (κ2) is 6.10. The topological polar surface area (TPSA) is 32.3 Å². The largest absolute Gasteiger partial charge is 0.347 e. The smallest absolute Gasteiger partial charge is 0.251 e. The van der Waals surface area contributed by atoms with Gasteiger partial charge in [-0.05, 0) is 45.7 Å². The molecule has 0 saturated carbocycles. The van der Waals surface area contributed by atoms with Gasteiger partial charge in [-0.15, -0.1) is 0 Å². The lowest BCUT2D eigenvalue weighted by Crippen LogP contribution is -2.54. The SMILES string of the molecule is CC(C)N1CCC(C)(NC(=O)c2cc(F)cc(F)c2)CC1. The van der Waals surface area contributed by atoms with Crippen molar-refractivity contribution in [3.05, 3.63) is 35.4 Å². The maximum atomic E-state index is 13.2. The normalized spacial score (nSPS) is 18.8. The van der Waals surface area contributed by atoms with Crippen LogP contribution in [0.15, 0.2) is 18.2 Å². The Balaban J connectivity index is 2.02. The second-order valence-corrected chi connectivity index (χ2v) is 6.30. The van der Waals surface area contributed by atoms with Crippen molar-refractivity contribution in [2.75, 3.05) is 13.1 Å². The van der Waals surface area contributed by atoms with Gasteiger partial charge in [0.1, 0.15) is 11.6 Å². The lowest BCUT2D eigenvalue weighted by atomic mass is 9.88. The van der Waals surface area contributed by atoms with Crippen LogP contribution in [0.1, 0.15) is 44.0 Å². The average molecular weight is 296 g/mol. The van der Waals surface area contributed by atoms with Crippen molar-refractivity contribution < 1.29 is 13.6 Å². The van der Waals surface area contributed by atoms with Crippen LogP contribution in [0.2, 0.25) is 0 Å². The summed E-state index contributed by atoms with van der Waals surface area (Å²) in [5.41, 5.74) is -0.300. The number of nitrogens with one attached hydrogen (secondary N) is 1. The molecule has 1 aromatic rings. The Morgan fingerprint density at radius 3 is 2.19 bits per heavy atom. The number of amides is 1. The summed E-state index contributed by atoms with van der Waals surface area (Å²) < 4.78 is 26.4. The fraction of sp³-hybridized carbons (Fsp3) is 0.562. The molecule has 1 saturated heterocycles. The van der Waals surface area contributed by atoms with Crippen molar-refractivity contribution in [2.45, 2.75) is 45.2 Å². The van der Waals surface area contributed by atoms with E-state index >= 15 is 0 Å². The first-order valence-corrected chi connectivity index (χ1v) is 7.32. The van der Waals surface area contributed by atoms with Gasteiger partial charge in [0.2, 0.25) is 0 Å². The minimum atomic E-state index is -0.736. The number of hydrogen-bond donors (Lipinski definition) is 1. The molecule has 2 rings (SSSR count). The summed E-state index contributed by atoms with van der Waals surface area (Å²) >= 11 is 0. The number of piperidine rings is 1. The van der Waals surface area contributed by atoms with Gasteiger partial charge in [0.15, 0.2) is 0 Å². The summed E-state index contributed by atoms with van der Waals surface area (Å²) in [4.78, 5) is 14.5. The molecule has 1 fully saturated rings. The minimum Gasteiger partial charge on any atom is -0.347 e. The van der Waals surface area contributed by atoms with Crippen LogP contribution in [0, 0.1) is 11.6 Å². The fourth-order valence-electron chi connectivity index (χ4n) is 2.69. The second-order valence-electron chi connectivity index (χ2n) is 6.30. The molecule has 116 valence electrons. The van der Waals surface area contributed by atoms with Crippen LogP contribution in [0.3, 0.4) is 0 Å². The number of carbonyl (C=O) groups is 1. The number of rotatable bonds is 3. The molecule has 1 N–H and O–H groups in total. The van der Waals surface area contributed by atoms with E-state index in [0.29, 0.717) is 6.04 Å². The number of nitrogens with zero attached hydrogens (tertiary/aromatic N) is 1. The summed E-state index contributed by atoms with van der Waals surface area (Å²) in [6, 6.07) is 3.37. The molecule has 1 heterocycles. The zero-order valence-electron chi connectivity index (χ0n) is 12.7. The van der Waals surface area contributed by atoms with Gasteiger partial charge in [0.05, 0.1) is 0 Å². The highest BCUT2D eigenvalue weighted by atomic mass is 19.1. The predicted molar refractivity (Wildman–Crippen MR) is 78.2 cm³/mol. The van der Waals surface area contributed by atoms with Gasteiger partial charge < -0.3 is 10.2 Å². The molecule has 21 heavy (non-hydrogen) atoms. The Labute approximate surface area is 124 Å². The maximum absolute atomic E-state index is 13.2. The molecule has 1 amide bonds. The van der Waals surface area contributed by atoms with Crippen LogP contribution >= 0.6 is 0 Å². The van der Waals surface area contributed by atoms with Gasteiger partial charge >= 0.3 is 0 Å². The van der Waals surface area contributed by atoms with Gasteiger partial charge in [-0.1, -0.05) is 0 Å². The Hall–Kier alpha value is -1.49. The van der Waals surface area contributed by atoms with E-state index < -0.39 is 17.5 Å². The van der Waals surface area contributed by atoms with Crippen molar-refractivity contribution in [1.29, 1.82) is 0 Å². The van der Waals surface area contributed by atoms with Gasteiger partial charge in [-0.2, -0.15) is 0 Å². The molecule has 3 nitrogen and oxygen atoms in total. The number of benzene rings is 1. The summed E-state index contributed by atoms with van der Waals surface area (Å²) in [5, 5.41) is 2.93. The van der Waals surface area contributed by atoms with Gasteiger partial charge in [0, 0.05) is 36.3 Å². The first kappa shape index (κ1) is 15.9. The number of hydrogen-bond acceptors (Lipinski definition) is 2. The number of carbonyl (C=O) groups excluding carboxylic acids is 1. The van der Waals surface area contributed by atoms with Crippen molar-refractivity contribution in [3.8, 4) is 0 Å². The Bertz CT molecular complexity index is 503. The molecule has 0 bridgehead atoms. The Morgan fingerprint density at radius 2 is 1.71 bits per heavy atom. The highest BCUT2D eigenvalue weighted by Crippen LogP contribution is 2.23. The molecule has 0 aromatic heterocycles. The van der Waals surface area contributed by atoms with Crippen LogP contribution in [0.25, 0.3) is 0 Å². The quantitative estimate of drug-likeness (QED) is 0.930. The molecule has 1 aliphatic rings. The van der Waals surface area contributed by atoms with E-state index in [4.69, 9.17) is 0 Å². The van der Waals surface area contributed by atoms with Crippen molar-refractivity contribution in [3.63, 3.8) is 0 Å². The van der Waals surface area contributed by atoms with Crippen LogP contribution in [0.4, 0.5) is 8.78 Å². The molecule has 0 atom stereocenters. The average Bonchev–Trinajstić information content (AvgIpc) is 2.37. The Morgan fingerprint density at radius 1 is 1.19 bits per heavy atom. The highest BCUT2D eigenvalue weighted by molar-refractivity contribution is 5.94. The molecule has 5 heteroatoms. The van der Waals surface area contributed by atoms with E-state index in [-0.39, 0.29) is 11.1 Å². The molecule has 0 radical (unpaired) electrons. The third-order valence-electron chi connectivity index (χ3n) is 4.17. The van der Waals surface area contributed by atoms with Crippen molar-refractivity contribution >= 4 is 5.91 Å². The summed E-state index contributed by atoms with van der Waals surface area (Å²) in [5.74, 6) is -1.89. The maximum Gasteiger partial charge on any atom is 0.251 e. The molecule has 0 aliphatic carbocycles. The van der Waals surface area contributed by atoms with Gasteiger partial charge in [0.25, 0.3) is 5.91 Å². The first-order chi connectivity index (χ1) is 9.79. The molecule has 1 aliphatic heterocycles. The van der Waals surface area contributed by atoms with Crippen LogP contribution in [-0.2, 0) is 0 Å². The molecule has 0 unspecified atom stereocenters. The zero-order valence-corrected chi connectivity index (χ0v) is 12.7. The summed E-state index contributed by atoms with van der Waals surface area (Å²) in [7, 11) is 0. The molecule has 1 aromatic carbocycles. The van der Waals surface area contributed by atoms with Crippen molar-refractivity contribution in [1.82, 2.24) is 10.2 Å². The third-order valence-corrected chi connectivity index (χ3v) is 4.17. The van der Waals surface area contributed by atoms with E-state index in [2.05, 4.69) is 24.1 Å². The first-order valence-electron chi connectivity index (χ1n) is 7.32. The number of halogens is 2. The molecular formula is C16H22F2N2O. The van der Waals surface area contributed by atoms with Gasteiger partial charge in [-0.25, -0.2) is 8.78 Å². The van der Waals surface area contributed by atoms with Crippen LogP contribution < -0.4 is 5.32 Å². The zero-order chi connectivity index (χ0) is 15.6. The van der Waals surface area contributed by atoms with Gasteiger partial charge in [-0.3, -0.25) is 4.79 Å². The monoisotopic (exact) mass is 296 g/mol. The number of likely N-dealkylation sites (tertiary alicyclic amines) is 1. The fourth-order valence-corrected chi connectivity index (χ4v) is 2.69. The lowest BCUT2D eigenvalue weighted by molar-refractivity contribution is 0.0800. The predicted octanol–water partition coefficient (Wildman–Crippen LogP) is 2.96.